The van der Waals surface area contributed by atoms with Gasteiger partial charge in [0.15, 0.2) is 11.5 Å². The number of nitrogens with zero attached hydrogens (tertiary/aromatic N) is 1. The zero-order valence-electron chi connectivity index (χ0n) is 10.2. The lowest BCUT2D eigenvalue weighted by Gasteiger charge is -2.17. The van der Waals surface area contributed by atoms with Crippen LogP contribution in [0.1, 0.15) is 6.92 Å². The molecule has 0 unspecified atom stereocenters. The van der Waals surface area contributed by atoms with E-state index in [0.29, 0.717) is 29.1 Å². The third-order valence-electron chi connectivity index (χ3n) is 3.11. The summed E-state index contributed by atoms with van der Waals surface area (Å²) < 4.78 is 37.5. The van der Waals surface area contributed by atoms with Gasteiger partial charge >= 0.3 is 0 Å². The molecule has 0 spiro atoms. The van der Waals surface area contributed by atoms with E-state index in [1.807, 2.05) is 13.0 Å². The molecule has 0 bridgehead atoms. The van der Waals surface area contributed by atoms with E-state index in [2.05, 4.69) is 15.9 Å². The van der Waals surface area contributed by atoms with Gasteiger partial charge in [0, 0.05) is 23.6 Å². The first kappa shape index (κ1) is 13.0. The second-order valence-electron chi connectivity index (χ2n) is 4.48. The zero-order valence-corrected chi connectivity index (χ0v) is 12.6. The fraction of sp³-hybridized carbons (Fsp3) is 0.333. The summed E-state index contributed by atoms with van der Waals surface area (Å²) in [6.07, 6.45) is 1.92. The Hall–Kier alpha value is -1.05. The lowest BCUT2D eigenvalue weighted by molar-refractivity contribution is 0.174. The predicted octanol–water partition coefficient (Wildman–Crippen LogP) is 2.13. The van der Waals surface area contributed by atoms with Gasteiger partial charge in [0.2, 0.25) is 16.8 Å². The molecular formula is C12H12BrNO4S. The molecule has 2 heterocycles. The highest BCUT2D eigenvalue weighted by atomic mass is 79.9. The van der Waals surface area contributed by atoms with Crippen LogP contribution in [0.4, 0.5) is 0 Å². The lowest BCUT2D eigenvalue weighted by atomic mass is 10.3. The summed E-state index contributed by atoms with van der Waals surface area (Å²) >= 11 is 3.29. The van der Waals surface area contributed by atoms with Crippen LogP contribution >= 0.6 is 15.9 Å². The van der Waals surface area contributed by atoms with Crippen molar-refractivity contribution >= 4 is 26.0 Å². The molecule has 19 heavy (non-hydrogen) atoms. The molecule has 0 aromatic heterocycles. The molecule has 0 amide bonds. The molecule has 0 atom stereocenters. The molecule has 2 aliphatic rings. The first-order valence-electron chi connectivity index (χ1n) is 5.73. The van der Waals surface area contributed by atoms with Crippen molar-refractivity contribution in [1.82, 2.24) is 4.31 Å². The monoisotopic (exact) mass is 345 g/mol. The summed E-state index contributed by atoms with van der Waals surface area (Å²) in [5, 5.41) is 0. The summed E-state index contributed by atoms with van der Waals surface area (Å²) in [6.45, 7) is 2.89. The Labute approximate surface area is 120 Å². The molecule has 102 valence electrons. The van der Waals surface area contributed by atoms with E-state index in [9.17, 15) is 8.42 Å². The Morgan fingerprint density at radius 3 is 2.58 bits per heavy atom. The van der Waals surface area contributed by atoms with Gasteiger partial charge in [-0.3, -0.25) is 0 Å². The van der Waals surface area contributed by atoms with E-state index < -0.39 is 10.0 Å². The summed E-state index contributed by atoms with van der Waals surface area (Å²) in [4.78, 5) is 0.208. The van der Waals surface area contributed by atoms with Gasteiger partial charge in [0.25, 0.3) is 0 Å². The Morgan fingerprint density at radius 2 is 1.95 bits per heavy atom. The smallest absolute Gasteiger partial charge is 0.244 e. The number of rotatable bonds is 2. The average Bonchev–Trinajstić information content (AvgIpc) is 2.96. The molecule has 5 nitrogen and oxygen atoms in total. The molecule has 2 aliphatic heterocycles. The van der Waals surface area contributed by atoms with Crippen LogP contribution in [0.15, 0.2) is 33.2 Å². The Morgan fingerprint density at radius 1 is 1.26 bits per heavy atom. The van der Waals surface area contributed by atoms with Gasteiger partial charge in [0.1, 0.15) is 4.90 Å². The number of ether oxygens (including phenoxy) is 2. The Bertz CT molecular complexity index is 669. The van der Waals surface area contributed by atoms with Gasteiger partial charge in [-0.05, 0) is 28.9 Å². The maximum atomic E-state index is 12.6. The van der Waals surface area contributed by atoms with Crippen molar-refractivity contribution in [2.45, 2.75) is 11.8 Å². The third kappa shape index (κ3) is 2.15. The van der Waals surface area contributed by atoms with E-state index in [0.717, 1.165) is 5.57 Å². The second-order valence-corrected chi connectivity index (χ2v) is 7.24. The van der Waals surface area contributed by atoms with Crippen LogP contribution in [0.2, 0.25) is 0 Å². The lowest BCUT2D eigenvalue weighted by Crippen LogP contribution is -2.29. The molecular weight excluding hydrogens is 334 g/mol. The normalized spacial score (nSPS) is 18.7. The SMILES string of the molecule is CC1=CCN(S(=O)(=O)c2cc3c(cc2Br)OCO3)C1. The largest absolute Gasteiger partial charge is 0.454 e. The highest BCUT2D eigenvalue weighted by Crippen LogP contribution is 2.39. The van der Waals surface area contributed by atoms with Gasteiger partial charge in [0.05, 0.1) is 0 Å². The summed E-state index contributed by atoms with van der Waals surface area (Å²) in [5.74, 6) is 1.02. The summed E-state index contributed by atoms with van der Waals surface area (Å²) in [5.41, 5.74) is 1.06. The predicted molar refractivity (Wildman–Crippen MR) is 72.8 cm³/mol. The van der Waals surface area contributed by atoms with Crippen molar-refractivity contribution in [2.75, 3.05) is 19.9 Å². The third-order valence-corrected chi connectivity index (χ3v) is 5.88. The fourth-order valence-corrected chi connectivity index (χ4v) is 4.50. The van der Waals surface area contributed by atoms with Crippen molar-refractivity contribution in [3.05, 3.63) is 28.3 Å². The highest BCUT2D eigenvalue weighted by Gasteiger charge is 2.30. The van der Waals surface area contributed by atoms with E-state index in [4.69, 9.17) is 9.47 Å². The van der Waals surface area contributed by atoms with Crippen LogP contribution in [-0.2, 0) is 10.0 Å². The number of fused-ring (bicyclic) bond motifs is 1. The van der Waals surface area contributed by atoms with E-state index >= 15 is 0 Å². The topological polar surface area (TPSA) is 55.8 Å². The van der Waals surface area contributed by atoms with Crippen molar-refractivity contribution in [1.29, 1.82) is 0 Å². The number of benzene rings is 1. The molecule has 0 radical (unpaired) electrons. The van der Waals surface area contributed by atoms with Crippen molar-refractivity contribution in [3.8, 4) is 11.5 Å². The van der Waals surface area contributed by atoms with E-state index in [-0.39, 0.29) is 11.7 Å². The van der Waals surface area contributed by atoms with Crippen LogP contribution < -0.4 is 9.47 Å². The molecule has 0 saturated heterocycles. The van der Waals surface area contributed by atoms with Gasteiger partial charge < -0.3 is 9.47 Å². The van der Waals surface area contributed by atoms with Crippen LogP contribution in [0.25, 0.3) is 0 Å². The van der Waals surface area contributed by atoms with Crippen LogP contribution in [-0.4, -0.2) is 32.6 Å². The molecule has 0 N–H and O–H groups in total. The van der Waals surface area contributed by atoms with Crippen molar-refractivity contribution < 1.29 is 17.9 Å². The van der Waals surface area contributed by atoms with Gasteiger partial charge in [-0.2, -0.15) is 4.31 Å². The minimum Gasteiger partial charge on any atom is -0.454 e. The summed E-state index contributed by atoms with van der Waals surface area (Å²) in [7, 11) is -3.53. The quantitative estimate of drug-likeness (QED) is 0.770. The standard InChI is InChI=1S/C12H12BrNO4S/c1-8-2-3-14(6-8)19(15,16)12-5-11-10(4-9(12)13)17-7-18-11/h2,4-5H,3,6-7H2,1H3. The van der Waals surface area contributed by atoms with Crippen LogP contribution in [0.3, 0.4) is 0 Å². The number of hydrogen-bond donors (Lipinski definition) is 0. The molecule has 0 fully saturated rings. The average molecular weight is 346 g/mol. The van der Waals surface area contributed by atoms with Crippen molar-refractivity contribution in [2.24, 2.45) is 0 Å². The maximum Gasteiger partial charge on any atom is 0.244 e. The van der Waals surface area contributed by atoms with Gasteiger partial charge in [-0.25, -0.2) is 8.42 Å². The molecule has 0 aliphatic carbocycles. The first-order chi connectivity index (χ1) is 8.98. The van der Waals surface area contributed by atoms with Crippen LogP contribution in [0.5, 0.6) is 11.5 Å². The van der Waals surface area contributed by atoms with Gasteiger partial charge in [-0.1, -0.05) is 11.6 Å². The number of halogens is 1. The molecule has 0 saturated carbocycles. The fourth-order valence-electron chi connectivity index (χ4n) is 2.08. The van der Waals surface area contributed by atoms with E-state index in [1.165, 1.54) is 10.4 Å². The molecule has 1 aromatic carbocycles. The molecule has 7 heteroatoms. The second kappa shape index (κ2) is 4.50. The number of sulfonamides is 1. The maximum absolute atomic E-state index is 12.6. The van der Waals surface area contributed by atoms with Gasteiger partial charge in [-0.15, -0.1) is 0 Å². The van der Waals surface area contributed by atoms with E-state index in [1.54, 1.807) is 6.07 Å². The minimum atomic E-state index is -3.53. The molecule has 1 aromatic rings. The number of hydrogen-bond acceptors (Lipinski definition) is 4. The Balaban J connectivity index is 2.02. The zero-order chi connectivity index (χ0) is 13.6. The minimum absolute atomic E-state index is 0.121. The summed E-state index contributed by atoms with van der Waals surface area (Å²) in [6, 6.07) is 3.14. The first-order valence-corrected chi connectivity index (χ1v) is 7.97. The Kier molecular flexibility index (Phi) is 3.07. The molecule has 3 rings (SSSR count). The van der Waals surface area contributed by atoms with Crippen LogP contribution in [0, 0.1) is 0 Å². The van der Waals surface area contributed by atoms with Crippen molar-refractivity contribution in [3.63, 3.8) is 0 Å². The highest BCUT2D eigenvalue weighted by molar-refractivity contribution is 9.10.